The largest absolute Gasteiger partial charge is 0.506 e. The third-order valence-corrected chi connectivity index (χ3v) is 3.26. The van der Waals surface area contributed by atoms with Crippen LogP contribution in [0.3, 0.4) is 0 Å². The van der Waals surface area contributed by atoms with Crippen molar-refractivity contribution >= 4 is 26.0 Å². The Kier molecular flexibility index (Phi) is 3.26. The molecule has 1 aromatic rings. The lowest BCUT2D eigenvalue weighted by Gasteiger charge is -2.06. The molecule has 0 aliphatic carbocycles. The number of hydrogen-bond donors (Lipinski definition) is 2. The van der Waals surface area contributed by atoms with Gasteiger partial charge < -0.3 is 5.11 Å². The molecule has 0 aromatic carbocycles. The number of rotatable bonds is 2. The average Bonchev–Trinajstić information content (AvgIpc) is 2.06. The van der Waals surface area contributed by atoms with Gasteiger partial charge in [0.2, 0.25) is 10.0 Å². The number of aromatic hydroxyl groups is 1. The van der Waals surface area contributed by atoms with Crippen LogP contribution in [0, 0.1) is 0 Å². The Morgan fingerprint density at radius 2 is 2.07 bits per heavy atom. The smallest absolute Gasteiger partial charge is 0.284 e. The second-order valence-electron chi connectivity index (χ2n) is 2.53. The number of primary sulfonamides is 1. The molecule has 1 aromatic heterocycles. The predicted octanol–water partition coefficient (Wildman–Crippen LogP) is 1.13. The summed E-state index contributed by atoms with van der Waals surface area (Å²) in [7, 11) is -4.11. The molecule has 1 rings (SSSR count). The van der Waals surface area contributed by atoms with Crippen LogP contribution in [0.25, 0.3) is 0 Å². The van der Waals surface area contributed by atoms with E-state index < -0.39 is 32.8 Å². The first-order valence-corrected chi connectivity index (χ1v) is 5.77. The molecule has 3 N–H and O–H groups in total. The van der Waals surface area contributed by atoms with Crippen molar-refractivity contribution in [3.8, 4) is 5.75 Å². The quantitative estimate of drug-likeness (QED) is 0.801. The minimum Gasteiger partial charge on any atom is -0.506 e. The number of aromatic nitrogens is 1. The highest BCUT2D eigenvalue weighted by Crippen LogP contribution is 2.31. The van der Waals surface area contributed by atoms with Crippen molar-refractivity contribution in [1.82, 2.24) is 4.98 Å². The van der Waals surface area contributed by atoms with E-state index in [1.54, 1.807) is 0 Å². The Balaban J connectivity index is 3.46. The molecular formula is C6H5BrF2N2O3S. The molecule has 0 spiro atoms. The lowest BCUT2D eigenvalue weighted by molar-refractivity contribution is 0.141. The Labute approximate surface area is 92.1 Å². The first-order chi connectivity index (χ1) is 6.73. The first kappa shape index (κ1) is 12.3. The number of pyridine rings is 1. The maximum atomic E-state index is 12.2. The SMILES string of the molecule is NS(=O)(=O)c1cc(O)c(C(F)F)nc1Br. The van der Waals surface area contributed by atoms with Gasteiger partial charge in [0.15, 0.2) is 0 Å². The van der Waals surface area contributed by atoms with Gasteiger partial charge in [-0.3, -0.25) is 0 Å². The summed E-state index contributed by atoms with van der Waals surface area (Å²) in [5.74, 6) is -0.919. The summed E-state index contributed by atoms with van der Waals surface area (Å²) in [6.45, 7) is 0. The molecule has 15 heavy (non-hydrogen) atoms. The zero-order valence-corrected chi connectivity index (χ0v) is 9.39. The molecule has 0 fully saturated rings. The molecular weight excluding hydrogens is 298 g/mol. The number of alkyl halides is 2. The van der Waals surface area contributed by atoms with E-state index in [9.17, 15) is 17.2 Å². The Morgan fingerprint density at radius 1 is 1.53 bits per heavy atom. The Hall–Kier alpha value is -0.800. The normalized spacial score (nSPS) is 12.1. The van der Waals surface area contributed by atoms with Gasteiger partial charge in [-0.05, 0) is 15.9 Å². The summed E-state index contributed by atoms with van der Waals surface area (Å²) < 4.78 is 45.9. The van der Waals surface area contributed by atoms with Gasteiger partial charge in [-0.1, -0.05) is 0 Å². The lowest BCUT2D eigenvalue weighted by Crippen LogP contribution is -2.14. The number of sulfonamides is 1. The second kappa shape index (κ2) is 3.99. The molecule has 9 heteroatoms. The van der Waals surface area contributed by atoms with Crippen LogP contribution in [0.15, 0.2) is 15.6 Å². The molecule has 0 aliphatic heterocycles. The molecule has 0 amide bonds. The van der Waals surface area contributed by atoms with Crippen LogP contribution < -0.4 is 5.14 Å². The fourth-order valence-corrected chi connectivity index (χ4v) is 2.37. The third-order valence-electron chi connectivity index (χ3n) is 1.47. The van der Waals surface area contributed by atoms with Gasteiger partial charge in [-0.25, -0.2) is 27.3 Å². The zero-order chi connectivity index (χ0) is 11.8. The maximum absolute atomic E-state index is 12.2. The van der Waals surface area contributed by atoms with Gasteiger partial charge in [-0.2, -0.15) is 0 Å². The van der Waals surface area contributed by atoms with Gasteiger partial charge in [0.25, 0.3) is 6.43 Å². The highest BCUT2D eigenvalue weighted by Gasteiger charge is 2.21. The van der Waals surface area contributed by atoms with Crippen molar-refractivity contribution in [3.63, 3.8) is 0 Å². The molecule has 5 nitrogen and oxygen atoms in total. The minimum absolute atomic E-state index is 0.363. The van der Waals surface area contributed by atoms with Crippen LogP contribution in [0.5, 0.6) is 5.75 Å². The van der Waals surface area contributed by atoms with E-state index in [0.717, 1.165) is 0 Å². The summed E-state index contributed by atoms with van der Waals surface area (Å²) in [5, 5.41) is 13.8. The van der Waals surface area contributed by atoms with Gasteiger partial charge in [0, 0.05) is 6.07 Å². The molecule has 0 unspecified atom stereocenters. The maximum Gasteiger partial charge on any atom is 0.284 e. The van der Waals surface area contributed by atoms with Crippen molar-refractivity contribution < 1.29 is 22.3 Å². The van der Waals surface area contributed by atoms with Crippen molar-refractivity contribution in [2.75, 3.05) is 0 Å². The molecule has 0 radical (unpaired) electrons. The highest BCUT2D eigenvalue weighted by atomic mass is 79.9. The number of hydrogen-bond acceptors (Lipinski definition) is 4. The number of nitrogens with zero attached hydrogens (tertiary/aromatic N) is 1. The highest BCUT2D eigenvalue weighted by molar-refractivity contribution is 9.10. The Bertz CT molecular complexity index is 491. The van der Waals surface area contributed by atoms with E-state index in [2.05, 4.69) is 20.9 Å². The average molecular weight is 303 g/mol. The second-order valence-corrected chi connectivity index (χ2v) is 4.81. The van der Waals surface area contributed by atoms with E-state index in [0.29, 0.717) is 6.07 Å². The van der Waals surface area contributed by atoms with Gasteiger partial charge in [0.1, 0.15) is 20.9 Å². The van der Waals surface area contributed by atoms with Crippen LogP contribution in [-0.4, -0.2) is 18.5 Å². The van der Waals surface area contributed by atoms with E-state index in [1.807, 2.05) is 0 Å². The van der Waals surface area contributed by atoms with Crippen LogP contribution in [0.2, 0.25) is 0 Å². The molecule has 0 saturated carbocycles. The summed E-state index contributed by atoms with van der Waals surface area (Å²) >= 11 is 2.67. The summed E-state index contributed by atoms with van der Waals surface area (Å²) in [6.07, 6.45) is -3.00. The third kappa shape index (κ3) is 2.61. The van der Waals surface area contributed by atoms with Crippen LogP contribution in [0.1, 0.15) is 12.1 Å². The summed E-state index contributed by atoms with van der Waals surface area (Å²) in [4.78, 5) is 2.64. The van der Waals surface area contributed by atoms with E-state index in [4.69, 9.17) is 10.2 Å². The van der Waals surface area contributed by atoms with Crippen molar-refractivity contribution in [1.29, 1.82) is 0 Å². The molecule has 0 saturated heterocycles. The molecule has 1 heterocycles. The van der Waals surface area contributed by atoms with E-state index in [-0.39, 0.29) is 4.60 Å². The predicted molar refractivity (Wildman–Crippen MR) is 49.9 cm³/mol. The molecule has 84 valence electrons. The summed E-state index contributed by atoms with van der Waals surface area (Å²) in [5.41, 5.74) is -0.908. The van der Waals surface area contributed by atoms with Crippen molar-refractivity contribution in [2.45, 2.75) is 11.3 Å². The summed E-state index contributed by atoms with van der Waals surface area (Å²) in [6, 6.07) is 0.619. The van der Waals surface area contributed by atoms with Gasteiger partial charge in [0.05, 0.1) is 0 Å². The minimum atomic E-state index is -4.11. The zero-order valence-electron chi connectivity index (χ0n) is 6.99. The molecule has 0 bridgehead atoms. The van der Waals surface area contributed by atoms with Crippen LogP contribution in [0.4, 0.5) is 8.78 Å². The van der Waals surface area contributed by atoms with E-state index >= 15 is 0 Å². The first-order valence-electron chi connectivity index (χ1n) is 3.44. The van der Waals surface area contributed by atoms with Crippen LogP contribution >= 0.6 is 15.9 Å². The van der Waals surface area contributed by atoms with Gasteiger partial charge >= 0.3 is 0 Å². The monoisotopic (exact) mass is 302 g/mol. The van der Waals surface area contributed by atoms with Crippen LogP contribution in [-0.2, 0) is 10.0 Å². The lowest BCUT2D eigenvalue weighted by atomic mass is 10.3. The topological polar surface area (TPSA) is 93.3 Å². The number of halogens is 3. The fraction of sp³-hybridized carbons (Fsp3) is 0.167. The van der Waals surface area contributed by atoms with E-state index in [1.165, 1.54) is 0 Å². The number of nitrogens with two attached hydrogens (primary N) is 1. The standard InChI is InChI=1S/C6H5BrF2N2O3S/c7-5-3(15(10,13)14)1-2(12)4(11-5)6(8)9/h1,6,12H,(H2,10,13,14). The van der Waals surface area contributed by atoms with Crippen molar-refractivity contribution in [2.24, 2.45) is 5.14 Å². The fourth-order valence-electron chi connectivity index (χ4n) is 0.836. The molecule has 0 aliphatic rings. The van der Waals surface area contributed by atoms with Gasteiger partial charge in [-0.15, -0.1) is 0 Å². The Morgan fingerprint density at radius 3 is 2.47 bits per heavy atom. The van der Waals surface area contributed by atoms with Crippen molar-refractivity contribution in [3.05, 3.63) is 16.4 Å². The molecule has 0 atom stereocenters.